The molecule has 2 aromatic heterocycles. The summed E-state index contributed by atoms with van der Waals surface area (Å²) in [5, 5.41) is 2.71. The predicted octanol–water partition coefficient (Wildman–Crippen LogP) is 3.13. The van der Waals surface area contributed by atoms with E-state index in [0.29, 0.717) is 17.1 Å². The van der Waals surface area contributed by atoms with Crippen molar-refractivity contribution in [3.8, 4) is 11.4 Å². The van der Waals surface area contributed by atoms with Crippen molar-refractivity contribution in [1.82, 2.24) is 15.0 Å². The highest BCUT2D eigenvalue weighted by molar-refractivity contribution is 5.90. The number of H-pyrrole nitrogens is 1. The van der Waals surface area contributed by atoms with Crippen LogP contribution in [0.2, 0.25) is 0 Å². The van der Waals surface area contributed by atoms with Crippen molar-refractivity contribution >= 4 is 11.8 Å². The first-order chi connectivity index (χ1) is 9.35. The molecule has 106 valence electrons. The number of amides is 1. The maximum Gasteiger partial charge on any atom is 0.412 e. The number of imidazole rings is 1. The summed E-state index contributed by atoms with van der Waals surface area (Å²) >= 11 is 0. The number of nitrogens with one attached hydrogen (secondary N) is 2. The fourth-order valence-electron chi connectivity index (χ4n) is 1.66. The van der Waals surface area contributed by atoms with Gasteiger partial charge in [-0.2, -0.15) is 0 Å². The zero-order chi connectivity index (χ0) is 14.8. The monoisotopic (exact) mass is 274 g/mol. The first-order valence-electron chi connectivity index (χ1n) is 6.31. The van der Waals surface area contributed by atoms with Gasteiger partial charge in [0, 0.05) is 24.3 Å². The molecular formula is C14H18N4O2. The van der Waals surface area contributed by atoms with Crippen LogP contribution in [0.5, 0.6) is 0 Å². The highest BCUT2D eigenvalue weighted by atomic mass is 16.6. The molecule has 6 nitrogen and oxygen atoms in total. The van der Waals surface area contributed by atoms with E-state index in [4.69, 9.17) is 4.74 Å². The van der Waals surface area contributed by atoms with E-state index in [1.165, 1.54) is 0 Å². The zero-order valence-corrected chi connectivity index (χ0v) is 12.0. The molecule has 0 unspecified atom stereocenters. The van der Waals surface area contributed by atoms with Gasteiger partial charge in [-0.05, 0) is 33.8 Å². The van der Waals surface area contributed by atoms with E-state index in [2.05, 4.69) is 20.3 Å². The SMILES string of the molecule is Cc1cnc(-c2cnccc2NC(=O)OC(C)(C)C)[nH]1. The number of hydrogen-bond donors (Lipinski definition) is 2. The van der Waals surface area contributed by atoms with Gasteiger partial charge in [0.2, 0.25) is 0 Å². The van der Waals surface area contributed by atoms with Crippen molar-refractivity contribution in [3.63, 3.8) is 0 Å². The van der Waals surface area contributed by atoms with Crippen molar-refractivity contribution in [1.29, 1.82) is 0 Å². The molecule has 0 aliphatic carbocycles. The number of nitrogens with zero attached hydrogens (tertiary/aromatic N) is 2. The third-order valence-corrected chi connectivity index (χ3v) is 2.41. The third-order valence-electron chi connectivity index (χ3n) is 2.41. The van der Waals surface area contributed by atoms with Crippen molar-refractivity contribution in [3.05, 3.63) is 30.4 Å². The Labute approximate surface area is 117 Å². The second-order valence-corrected chi connectivity index (χ2v) is 5.46. The minimum absolute atomic E-state index is 0.506. The van der Waals surface area contributed by atoms with Crippen molar-refractivity contribution in [2.45, 2.75) is 33.3 Å². The van der Waals surface area contributed by atoms with Crippen molar-refractivity contribution in [2.75, 3.05) is 5.32 Å². The molecular weight excluding hydrogens is 256 g/mol. The van der Waals surface area contributed by atoms with Gasteiger partial charge >= 0.3 is 6.09 Å². The molecule has 2 heterocycles. The van der Waals surface area contributed by atoms with Crippen LogP contribution < -0.4 is 5.32 Å². The normalized spacial score (nSPS) is 11.2. The lowest BCUT2D eigenvalue weighted by molar-refractivity contribution is 0.0636. The van der Waals surface area contributed by atoms with Gasteiger partial charge in [0.1, 0.15) is 11.4 Å². The number of pyridine rings is 1. The smallest absolute Gasteiger partial charge is 0.412 e. The van der Waals surface area contributed by atoms with E-state index >= 15 is 0 Å². The Morgan fingerprint density at radius 3 is 2.70 bits per heavy atom. The highest BCUT2D eigenvalue weighted by Gasteiger charge is 2.18. The maximum absolute atomic E-state index is 11.8. The standard InChI is InChI=1S/C14H18N4O2/c1-9-7-16-12(17-9)10-8-15-6-5-11(10)18-13(19)20-14(2,3)4/h5-8H,1-4H3,(H,16,17)(H,15,18,19). The van der Waals surface area contributed by atoms with Crippen LogP contribution in [0.4, 0.5) is 10.5 Å². The minimum Gasteiger partial charge on any atom is -0.444 e. The summed E-state index contributed by atoms with van der Waals surface area (Å²) in [5.41, 5.74) is 1.71. The molecule has 0 radical (unpaired) electrons. The molecule has 2 N–H and O–H groups in total. The van der Waals surface area contributed by atoms with Crippen molar-refractivity contribution < 1.29 is 9.53 Å². The summed E-state index contributed by atoms with van der Waals surface area (Å²) in [5.74, 6) is 0.654. The summed E-state index contributed by atoms with van der Waals surface area (Å²) < 4.78 is 5.24. The van der Waals surface area contributed by atoms with Crippen LogP contribution in [-0.2, 0) is 4.74 Å². The molecule has 0 atom stereocenters. The Morgan fingerprint density at radius 1 is 1.35 bits per heavy atom. The number of carbonyl (C=O) groups is 1. The summed E-state index contributed by atoms with van der Waals surface area (Å²) in [4.78, 5) is 23.2. The number of carbonyl (C=O) groups excluding carboxylic acids is 1. The topological polar surface area (TPSA) is 79.9 Å². The molecule has 0 spiro atoms. The van der Waals surface area contributed by atoms with Gasteiger partial charge < -0.3 is 9.72 Å². The van der Waals surface area contributed by atoms with E-state index in [1.807, 2.05) is 27.7 Å². The number of aryl methyl sites for hydroxylation is 1. The molecule has 0 saturated heterocycles. The second kappa shape index (κ2) is 5.32. The van der Waals surface area contributed by atoms with Gasteiger partial charge in [0.15, 0.2) is 0 Å². The Balaban J connectivity index is 2.23. The molecule has 6 heteroatoms. The Kier molecular flexibility index (Phi) is 3.74. The summed E-state index contributed by atoms with van der Waals surface area (Å²) in [7, 11) is 0. The van der Waals surface area contributed by atoms with Crippen LogP contribution in [0, 0.1) is 6.92 Å². The lowest BCUT2D eigenvalue weighted by atomic mass is 10.2. The second-order valence-electron chi connectivity index (χ2n) is 5.46. The number of anilines is 1. The van der Waals surface area contributed by atoms with E-state index < -0.39 is 11.7 Å². The zero-order valence-electron chi connectivity index (χ0n) is 12.0. The molecule has 0 aliphatic heterocycles. The average Bonchev–Trinajstić information content (AvgIpc) is 2.74. The third kappa shape index (κ3) is 3.57. The number of aromatic nitrogens is 3. The van der Waals surface area contributed by atoms with Gasteiger partial charge in [-0.25, -0.2) is 9.78 Å². The van der Waals surface area contributed by atoms with E-state index in [9.17, 15) is 4.79 Å². The van der Waals surface area contributed by atoms with Crippen LogP contribution in [0.1, 0.15) is 26.5 Å². The highest BCUT2D eigenvalue weighted by Crippen LogP contribution is 2.24. The molecule has 0 aromatic carbocycles. The molecule has 2 rings (SSSR count). The van der Waals surface area contributed by atoms with Gasteiger partial charge in [-0.15, -0.1) is 0 Å². The van der Waals surface area contributed by atoms with Crippen LogP contribution in [0.3, 0.4) is 0 Å². The molecule has 1 amide bonds. The van der Waals surface area contributed by atoms with Gasteiger partial charge in [-0.1, -0.05) is 0 Å². The predicted molar refractivity (Wildman–Crippen MR) is 76.4 cm³/mol. The van der Waals surface area contributed by atoms with Gasteiger partial charge in [0.25, 0.3) is 0 Å². The van der Waals surface area contributed by atoms with Crippen LogP contribution in [0.25, 0.3) is 11.4 Å². The van der Waals surface area contributed by atoms with E-state index in [-0.39, 0.29) is 0 Å². The van der Waals surface area contributed by atoms with E-state index in [1.54, 1.807) is 24.7 Å². The summed E-state index contributed by atoms with van der Waals surface area (Å²) in [6, 6.07) is 1.71. The first-order valence-corrected chi connectivity index (χ1v) is 6.31. The molecule has 0 bridgehead atoms. The van der Waals surface area contributed by atoms with Crippen LogP contribution >= 0.6 is 0 Å². The molecule has 0 saturated carbocycles. The average molecular weight is 274 g/mol. The van der Waals surface area contributed by atoms with Crippen LogP contribution in [-0.4, -0.2) is 26.6 Å². The Hall–Kier alpha value is -2.37. The van der Waals surface area contributed by atoms with E-state index in [0.717, 1.165) is 5.69 Å². The molecule has 20 heavy (non-hydrogen) atoms. The fraction of sp³-hybridized carbons (Fsp3) is 0.357. The number of aromatic amines is 1. The van der Waals surface area contributed by atoms with Crippen LogP contribution in [0.15, 0.2) is 24.7 Å². The summed E-state index contributed by atoms with van der Waals surface area (Å²) in [6.07, 6.45) is 4.46. The number of rotatable bonds is 2. The fourth-order valence-corrected chi connectivity index (χ4v) is 1.66. The quantitative estimate of drug-likeness (QED) is 0.881. The summed E-state index contributed by atoms with van der Waals surface area (Å²) in [6.45, 7) is 7.36. The minimum atomic E-state index is -0.543. The lowest BCUT2D eigenvalue weighted by Gasteiger charge is -2.20. The number of ether oxygens (including phenoxy) is 1. The number of hydrogen-bond acceptors (Lipinski definition) is 4. The first kappa shape index (κ1) is 14.0. The lowest BCUT2D eigenvalue weighted by Crippen LogP contribution is -2.27. The van der Waals surface area contributed by atoms with Crippen molar-refractivity contribution in [2.24, 2.45) is 0 Å². The maximum atomic E-state index is 11.8. The molecule has 2 aromatic rings. The van der Waals surface area contributed by atoms with Gasteiger partial charge in [-0.3, -0.25) is 10.3 Å². The van der Waals surface area contributed by atoms with Gasteiger partial charge in [0.05, 0.1) is 11.3 Å². The Morgan fingerprint density at radius 2 is 2.10 bits per heavy atom. The molecule has 0 fully saturated rings. The Bertz CT molecular complexity index is 614. The molecule has 0 aliphatic rings. The largest absolute Gasteiger partial charge is 0.444 e.